The minimum atomic E-state index is -0.198. The van der Waals surface area contributed by atoms with Crippen LogP contribution in [0, 0.1) is 0 Å². The molecule has 0 saturated carbocycles. The van der Waals surface area contributed by atoms with Gasteiger partial charge in [-0.25, -0.2) is 0 Å². The lowest BCUT2D eigenvalue weighted by Crippen LogP contribution is -2.35. The molecular weight excluding hydrogens is 378 g/mol. The summed E-state index contributed by atoms with van der Waals surface area (Å²) in [5, 5.41) is 0. The van der Waals surface area contributed by atoms with Gasteiger partial charge in [-0.2, -0.15) is 0 Å². The molecule has 0 atom stereocenters. The smallest absolute Gasteiger partial charge is 0.264 e. The second-order valence-electron chi connectivity index (χ2n) is 6.74. The van der Waals surface area contributed by atoms with E-state index in [9.17, 15) is 9.59 Å². The Morgan fingerprint density at radius 2 is 1.47 bits per heavy atom. The maximum atomic E-state index is 12.5. The maximum Gasteiger partial charge on any atom is 0.264 e. The molecular formula is C24H25N3O3. The minimum Gasteiger partial charge on any atom is -0.484 e. The average Bonchev–Trinajstić information content (AvgIpc) is 2.81. The molecule has 6 heteroatoms. The molecule has 0 aliphatic heterocycles. The molecule has 0 bridgehead atoms. The first-order valence-corrected chi connectivity index (χ1v) is 9.67. The number of likely N-dealkylation sites (N-methyl/N-ethyl adjacent to an activating group) is 1. The van der Waals surface area contributed by atoms with Crippen LogP contribution < -0.4 is 20.3 Å². The number of carbonyl (C=O) groups excluding carboxylic acids is 2. The third-order valence-electron chi connectivity index (χ3n) is 4.67. The van der Waals surface area contributed by atoms with E-state index in [1.807, 2.05) is 66.7 Å². The van der Waals surface area contributed by atoms with Crippen LogP contribution in [0.2, 0.25) is 0 Å². The van der Waals surface area contributed by atoms with Crippen LogP contribution in [-0.2, 0) is 16.1 Å². The van der Waals surface area contributed by atoms with E-state index in [0.717, 1.165) is 11.3 Å². The van der Waals surface area contributed by atoms with Gasteiger partial charge in [-0.15, -0.1) is 0 Å². The van der Waals surface area contributed by atoms with Gasteiger partial charge in [-0.05, 0) is 29.8 Å². The summed E-state index contributed by atoms with van der Waals surface area (Å²) >= 11 is 0. The van der Waals surface area contributed by atoms with Crippen molar-refractivity contribution in [1.82, 2.24) is 0 Å². The van der Waals surface area contributed by atoms with E-state index in [1.54, 1.807) is 35.0 Å². The predicted molar refractivity (Wildman–Crippen MR) is 118 cm³/mol. The zero-order valence-electron chi connectivity index (χ0n) is 16.9. The summed E-state index contributed by atoms with van der Waals surface area (Å²) < 4.78 is 5.70. The van der Waals surface area contributed by atoms with Crippen molar-refractivity contribution < 1.29 is 14.3 Å². The third kappa shape index (κ3) is 5.46. The van der Waals surface area contributed by atoms with E-state index in [2.05, 4.69) is 0 Å². The Morgan fingerprint density at radius 3 is 2.13 bits per heavy atom. The molecule has 3 aromatic rings. The predicted octanol–water partition coefficient (Wildman–Crippen LogP) is 3.22. The van der Waals surface area contributed by atoms with Crippen LogP contribution in [0.1, 0.15) is 5.56 Å². The van der Waals surface area contributed by atoms with Crippen molar-refractivity contribution in [1.29, 1.82) is 0 Å². The molecule has 0 unspecified atom stereocenters. The Balaban J connectivity index is 1.70. The minimum absolute atomic E-state index is 0.0989. The van der Waals surface area contributed by atoms with Gasteiger partial charge in [0, 0.05) is 24.5 Å². The standard InChI is InChI=1S/C24H25N3O3/c1-26(20-11-6-3-7-12-20)24(29)18-30-22-14-8-13-21(15-22)27(23(28)16-25)17-19-9-4-2-5-10-19/h2-15H,16-18,25H2,1H3. The Labute approximate surface area is 176 Å². The SMILES string of the molecule is CN(C(=O)COc1cccc(N(Cc2ccccc2)C(=O)CN)c1)c1ccccc1. The first kappa shape index (κ1) is 21.1. The number of hydrogen-bond donors (Lipinski definition) is 1. The van der Waals surface area contributed by atoms with E-state index in [1.165, 1.54) is 0 Å². The van der Waals surface area contributed by atoms with Gasteiger partial charge >= 0.3 is 0 Å². The number of anilines is 2. The molecule has 154 valence electrons. The van der Waals surface area contributed by atoms with E-state index in [4.69, 9.17) is 10.5 Å². The highest BCUT2D eigenvalue weighted by molar-refractivity contribution is 5.95. The van der Waals surface area contributed by atoms with Crippen LogP contribution in [0.15, 0.2) is 84.9 Å². The molecule has 6 nitrogen and oxygen atoms in total. The second-order valence-corrected chi connectivity index (χ2v) is 6.74. The summed E-state index contributed by atoms with van der Waals surface area (Å²) in [7, 11) is 1.71. The average molecular weight is 403 g/mol. The van der Waals surface area contributed by atoms with Gasteiger partial charge in [0.25, 0.3) is 5.91 Å². The van der Waals surface area contributed by atoms with E-state index < -0.39 is 0 Å². The molecule has 0 aliphatic carbocycles. The number of amides is 2. The number of para-hydroxylation sites is 1. The van der Waals surface area contributed by atoms with E-state index >= 15 is 0 Å². The lowest BCUT2D eigenvalue weighted by Gasteiger charge is -2.23. The van der Waals surface area contributed by atoms with Crippen molar-refractivity contribution in [2.24, 2.45) is 5.73 Å². The van der Waals surface area contributed by atoms with E-state index in [-0.39, 0.29) is 25.0 Å². The Morgan fingerprint density at radius 1 is 0.833 bits per heavy atom. The number of hydrogen-bond acceptors (Lipinski definition) is 4. The van der Waals surface area contributed by atoms with Crippen LogP contribution in [-0.4, -0.2) is 32.0 Å². The van der Waals surface area contributed by atoms with Gasteiger partial charge in [0.1, 0.15) is 5.75 Å². The highest BCUT2D eigenvalue weighted by atomic mass is 16.5. The van der Waals surface area contributed by atoms with Crippen molar-refractivity contribution in [3.63, 3.8) is 0 Å². The van der Waals surface area contributed by atoms with Crippen molar-refractivity contribution >= 4 is 23.2 Å². The number of nitrogens with zero attached hydrogens (tertiary/aromatic N) is 2. The highest BCUT2D eigenvalue weighted by Crippen LogP contribution is 2.23. The summed E-state index contributed by atoms with van der Waals surface area (Å²) in [6, 6.07) is 26.2. The highest BCUT2D eigenvalue weighted by Gasteiger charge is 2.16. The Kier molecular flexibility index (Phi) is 7.19. The molecule has 0 fully saturated rings. The van der Waals surface area contributed by atoms with Crippen LogP contribution in [0.4, 0.5) is 11.4 Å². The number of rotatable bonds is 8. The largest absolute Gasteiger partial charge is 0.484 e. The zero-order chi connectivity index (χ0) is 21.3. The molecule has 0 aromatic heterocycles. The molecule has 30 heavy (non-hydrogen) atoms. The third-order valence-corrected chi connectivity index (χ3v) is 4.67. The van der Waals surface area contributed by atoms with Crippen LogP contribution in [0.25, 0.3) is 0 Å². The zero-order valence-corrected chi connectivity index (χ0v) is 16.9. The second kappa shape index (κ2) is 10.2. The lowest BCUT2D eigenvalue weighted by molar-refractivity contribution is -0.120. The van der Waals surface area contributed by atoms with E-state index in [0.29, 0.717) is 18.0 Å². The van der Waals surface area contributed by atoms with Crippen molar-refractivity contribution in [3.05, 3.63) is 90.5 Å². The monoisotopic (exact) mass is 403 g/mol. The van der Waals surface area contributed by atoms with Crippen LogP contribution >= 0.6 is 0 Å². The van der Waals surface area contributed by atoms with Crippen LogP contribution in [0.3, 0.4) is 0 Å². The molecule has 3 aromatic carbocycles. The molecule has 2 amide bonds. The van der Waals surface area contributed by atoms with Gasteiger partial charge in [-0.1, -0.05) is 54.6 Å². The van der Waals surface area contributed by atoms with Gasteiger partial charge < -0.3 is 20.3 Å². The topological polar surface area (TPSA) is 75.9 Å². The number of nitrogens with two attached hydrogens (primary N) is 1. The molecule has 0 radical (unpaired) electrons. The van der Waals surface area contributed by atoms with Crippen molar-refractivity contribution in [3.8, 4) is 5.75 Å². The number of ether oxygens (including phenoxy) is 1. The fraction of sp³-hybridized carbons (Fsp3) is 0.167. The van der Waals surface area contributed by atoms with Gasteiger partial charge in [-0.3, -0.25) is 9.59 Å². The Hall–Kier alpha value is -3.64. The molecule has 0 spiro atoms. The summed E-state index contributed by atoms with van der Waals surface area (Å²) in [5.74, 6) is 0.131. The fourth-order valence-corrected chi connectivity index (χ4v) is 2.98. The molecule has 3 rings (SSSR count). The molecule has 0 heterocycles. The summed E-state index contributed by atoms with van der Waals surface area (Å²) in [6.45, 7) is 0.187. The lowest BCUT2D eigenvalue weighted by atomic mass is 10.2. The first-order valence-electron chi connectivity index (χ1n) is 9.67. The first-order chi connectivity index (χ1) is 14.6. The Bertz CT molecular complexity index is 977. The quantitative estimate of drug-likeness (QED) is 0.627. The van der Waals surface area contributed by atoms with Crippen LogP contribution in [0.5, 0.6) is 5.75 Å². The normalized spacial score (nSPS) is 10.3. The summed E-state index contributed by atoms with van der Waals surface area (Å²) in [6.07, 6.45) is 0. The number of benzene rings is 3. The molecule has 0 saturated heterocycles. The fourth-order valence-electron chi connectivity index (χ4n) is 2.98. The van der Waals surface area contributed by atoms with Gasteiger partial charge in [0.05, 0.1) is 13.1 Å². The van der Waals surface area contributed by atoms with Gasteiger partial charge in [0.15, 0.2) is 6.61 Å². The van der Waals surface area contributed by atoms with Gasteiger partial charge in [0.2, 0.25) is 5.91 Å². The molecule has 2 N–H and O–H groups in total. The number of carbonyl (C=O) groups is 2. The summed E-state index contributed by atoms with van der Waals surface area (Å²) in [4.78, 5) is 28.0. The van der Waals surface area contributed by atoms with Crippen molar-refractivity contribution in [2.45, 2.75) is 6.54 Å². The summed E-state index contributed by atoms with van der Waals surface area (Å²) in [5.41, 5.74) is 8.06. The molecule has 0 aliphatic rings. The van der Waals surface area contributed by atoms with Crippen molar-refractivity contribution in [2.75, 3.05) is 30.0 Å². The maximum absolute atomic E-state index is 12.5.